The van der Waals surface area contributed by atoms with Crippen LogP contribution in [0.25, 0.3) is 33.3 Å². The molecular weight excluding hydrogens is 490 g/mol. The Balaban J connectivity index is 1.60. The number of H-pyrrole nitrogens is 1. The summed E-state index contributed by atoms with van der Waals surface area (Å²) in [6.45, 7) is 15.0. The number of fused-ring (bicyclic) bond motifs is 11. The third-order valence-electron chi connectivity index (χ3n) is 9.04. The van der Waals surface area contributed by atoms with Crippen LogP contribution in [0.2, 0.25) is 0 Å². The van der Waals surface area contributed by atoms with Crippen LogP contribution in [-0.2, 0) is 5.60 Å². The van der Waals surface area contributed by atoms with Crippen LogP contribution in [0.5, 0.6) is 5.75 Å². The van der Waals surface area contributed by atoms with E-state index in [9.17, 15) is 0 Å². The molecule has 2 aliphatic rings. The summed E-state index contributed by atoms with van der Waals surface area (Å²) in [6.07, 6.45) is 0. The van der Waals surface area contributed by atoms with Crippen molar-refractivity contribution in [1.82, 2.24) is 4.98 Å². The maximum Gasteiger partial charge on any atom is 0.188 e. The molecule has 7 rings (SSSR count). The molecule has 0 unspecified atom stereocenters. The minimum absolute atomic E-state index is 0.746. The summed E-state index contributed by atoms with van der Waals surface area (Å²) in [6, 6.07) is 29.2. The minimum atomic E-state index is -0.746. The van der Waals surface area contributed by atoms with Gasteiger partial charge in [-0.25, -0.2) is 0 Å². The summed E-state index contributed by atoms with van der Waals surface area (Å²) in [4.78, 5) is 8.67. The summed E-state index contributed by atoms with van der Waals surface area (Å²) in [5.74, 6) is 0.915. The van der Waals surface area contributed by atoms with Crippen LogP contribution in [0.4, 0.5) is 11.4 Å². The summed E-state index contributed by atoms with van der Waals surface area (Å²) < 4.78 is 7.32. The van der Waals surface area contributed by atoms with E-state index in [-0.39, 0.29) is 0 Å². The quantitative estimate of drug-likeness (QED) is 0.240. The minimum Gasteiger partial charge on any atom is -0.472 e. The normalized spacial score (nSPS) is 13.9. The van der Waals surface area contributed by atoms with Crippen LogP contribution in [0.15, 0.2) is 78.9 Å². The van der Waals surface area contributed by atoms with Gasteiger partial charge in [-0.2, -0.15) is 0 Å². The maximum absolute atomic E-state index is 7.32. The van der Waals surface area contributed by atoms with E-state index in [4.69, 9.17) is 4.74 Å². The van der Waals surface area contributed by atoms with Crippen molar-refractivity contribution in [2.75, 3.05) is 36.0 Å². The van der Waals surface area contributed by atoms with Crippen LogP contribution < -0.4 is 14.5 Å². The Morgan fingerprint density at radius 1 is 0.675 bits per heavy atom. The van der Waals surface area contributed by atoms with Gasteiger partial charge in [0, 0.05) is 70.7 Å². The monoisotopic (exact) mass is 527 g/mol. The zero-order valence-electron chi connectivity index (χ0n) is 24.1. The Morgan fingerprint density at radius 2 is 1.27 bits per heavy atom. The molecule has 1 aliphatic heterocycles. The molecule has 1 N–H and O–H groups in total. The first-order valence-corrected chi connectivity index (χ1v) is 14.7. The third-order valence-corrected chi connectivity index (χ3v) is 9.04. The van der Waals surface area contributed by atoms with E-state index in [1.807, 2.05) is 0 Å². The molecule has 40 heavy (non-hydrogen) atoms. The van der Waals surface area contributed by atoms with Crippen molar-refractivity contribution in [3.63, 3.8) is 0 Å². The van der Waals surface area contributed by atoms with Crippen LogP contribution in [-0.4, -0.2) is 31.2 Å². The van der Waals surface area contributed by atoms with E-state index in [1.165, 1.54) is 50.1 Å². The molecular formula is C36H37N3O. The van der Waals surface area contributed by atoms with Crippen LogP contribution in [0, 0.1) is 6.92 Å². The van der Waals surface area contributed by atoms with Gasteiger partial charge in [0.15, 0.2) is 5.60 Å². The Kier molecular flexibility index (Phi) is 5.71. The topological polar surface area (TPSA) is 31.5 Å². The van der Waals surface area contributed by atoms with Crippen LogP contribution in [0.1, 0.15) is 49.9 Å². The molecule has 0 atom stereocenters. The van der Waals surface area contributed by atoms with Gasteiger partial charge in [-0.3, -0.25) is 0 Å². The molecule has 0 bridgehead atoms. The number of aromatic nitrogens is 1. The highest BCUT2D eigenvalue weighted by Crippen LogP contribution is 2.60. The van der Waals surface area contributed by atoms with E-state index in [2.05, 4.69) is 128 Å². The van der Waals surface area contributed by atoms with Crippen LogP contribution in [0.3, 0.4) is 0 Å². The molecule has 0 saturated carbocycles. The predicted octanol–water partition coefficient (Wildman–Crippen LogP) is 8.50. The number of anilines is 2. The first-order chi connectivity index (χ1) is 19.5. The number of hydrogen-bond acceptors (Lipinski definition) is 3. The van der Waals surface area contributed by atoms with Crippen molar-refractivity contribution in [2.45, 2.75) is 40.2 Å². The Hall–Kier alpha value is -4.18. The van der Waals surface area contributed by atoms with Crippen molar-refractivity contribution in [3.05, 3.63) is 101 Å². The lowest BCUT2D eigenvalue weighted by atomic mass is 9.79. The molecule has 4 aromatic carbocycles. The number of aromatic amines is 1. The van der Waals surface area contributed by atoms with Gasteiger partial charge in [0.1, 0.15) is 5.75 Å². The molecule has 0 amide bonds. The number of rotatable bonds is 6. The molecule has 4 heteroatoms. The number of aryl methyl sites for hydroxylation is 1. The highest BCUT2D eigenvalue weighted by Gasteiger charge is 2.52. The van der Waals surface area contributed by atoms with Crippen molar-refractivity contribution in [1.29, 1.82) is 0 Å². The van der Waals surface area contributed by atoms with E-state index in [0.29, 0.717) is 0 Å². The predicted molar refractivity (Wildman–Crippen MR) is 168 cm³/mol. The smallest absolute Gasteiger partial charge is 0.188 e. The second-order valence-electron chi connectivity index (χ2n) is 11.0. The lowest BCUT2D eigenvalue weighted by molar-refractivity contribution is 0.158. The first-order valence-electron chi connectivity index (χ1n) is 14.7. The van der Waals surface area contributed by atoms with Crippen LogP contribution >= 0.6 is 0 Å². The second-order valence-corrected chi connectivity index (χ2v) is 11.0. The molecule has 0 saturated heterocycles. The molecule has 1 aliphatic carbocycles. The Labute approximate surface area is 237 Å². The lowest BCUT2D eigenvalue weighted by Gasteiger charge is -2.38. The first kappa shape index (κ1) is 24.8. The summed E-state index contributed by atoms with van der Waals surface area (Å²) >= 11 is 0. The second kappa shape index (κ2) is 9.19. The van der Waals surface area contributed by atoms with Gasteiger partial charge < -0.3 is 19.5 Å². The van der Waals surface area contributed by atoms with E-state index in [0.717, 1.165) is 48.7 Å². The SMILES string of the molecule is CCN(CC)c1ccc2c(c1)-c1cc(N(CC)CC)ccc1C21Oc2ccccc2-c2[nH]c3ccc(C)cc3c21. The van der Waals surface area contributed by atoms with Gasteiger partial charge in [-0.15, -0.1) is 0 Å². The molecule has 1 spiro atoms. The fourth-order valence-corrected chi connectivity index (χ4v) is 7.07. The summed E-state index contributed by atoms with van der Waals surface area (Å²) in [7, 11) is 0. The fourth-order valence-electron chi connectivity index (χ4n) is 7.07. The number of ether oxygens (including phenoxy) is 1. The molecule has 202 valence electrons. The number of nitrogens with zero attached hydrogens (tertiary/aromatic N) is 2. The van der Waals surface area contributed by atoms with Crippen molar-refractivity contribution in [2.24, 2.45) is 0 Å². The molecule has 5 aromatic rings. The van der Waals surface area contributed by atoms with Crippen molar-refractivity contribution in [3.8, 4) is 28.1 Å². The van der Waals surface area contributed by atoms with Gasteiger partial charge in [-0.05, 0) is 94.3 Å². The van der Waals surface area contributed by atoms with Gasteiger partial charge >= 0.3 is 0 Å². The average molecular weight is 528 g/mol. The van der Waals surface area contributed by atoms with E-state index < -0.39 is 5.60 Å². The van der Waals surface area contributed by atoms with Gasteiger partial charge in [-0.1, -0.05) is 35.9 Å². The van der Waals surface area contributed by atoms with Crippen molar-refractivity contribution >= 4 is 22.3 Å². The summed E-state index contributed by atoms with van der Waals surface area (Å²) in [5.41, 5.74) is 12.6. The molecule has 1 aromatic heterocycles. The van der Waals surface area contributed by atoms with E-state index in [1.54, 1.807) is 0 Å². The number of nitrogens with one attached hydrogen (secondary N) is 1. The Bertz CT molecular complexity index is 1690. The van der Waals surface area contributed by atoms with Crippen molar-refractivity contribution < 1.29 is 4.74 Å². The number of hydrogen-bond donors (Lipinski definition) is 1. The van der Waals surface area contributed by atoms with E-state index >= 15 is 0 Å². The number of benzene rings is 4. The largest absolute Gasteiger partial charge is 0.472 e. The number of para-hydroxylation sites is 1. The highest BCUT2D eigenvalue weighted by atomic mass is 16.5. The molecule has 0 radical (unpaired) electrons. The third kappa shape index (κ3) is 3.32. The van der Waals surface area contributed by atoms with Gasteiger partial charge in [0.25, 0.3) is 0 Å². The Morgan fingerprint density at radius 3 is 1.88 bits per heavy atom. The van der Waals surface area contributed by atoms with Gasteiger partial charge in [0.2, 0.25) is 0 Å². The standard InChI is InChI=1S/C36H37N3O/c1-6-38(7-2)24-15-17-30-27(21-24)28-22-25(39(8-3)9-4)16-18-31(28)36(30)34-29-20-23(5)14-19-32(29)37-35(34)26-12-10-11-13-33(26)40-36/h10-22,37H,6-9H2,1-5H3. The van der Waals surface area contributed by atoms with Gasteiger partial charge in [0.05, 0.1) is 5.69 Å². The lowest BCUT2D eigenvalue weighted by Crippen LogP contribution is -2.36. The highest BCUT2D eigenvalue weighted by molar-refractivity contribution is 5.99. The fraction of sp³-hybridized carbons (Fsp3) is 0.278. The molecule has 2 heterocycles. The molecule has 0 fully saturated rings. The maximum atomic E-state index is 7.32. The zero-order chi connectivity index (χ0) is 27.6. The summed E-state index contributed by atoms with van der Waals surface area (Å²) in [5, 5.41) is 1.23. The zero-order valence-corrected chi connectivity index (χ0v) is 24.1. The molecule has 4 nitrogen and oxygen atoms in total. The average Bonchev–Trinajstić information content (AvgIpc) is 3.49.